The molecule has 1 heterocycles. The Balaban J connectivity index is 2.77. The van der Waals surface area contributed by atoms with Crippen LogP contribution in [0.5, 0.6) is 0 Å². The Kier molecular flexibility index (Phi) is 4.95. The molecule has 1 atom stereocenters. The number of esters is 1. The molecule has 0 aromatic heterocycles. The van der Waals surface area contributed by atoms with Gasteiger partial charge in [-0.1, -0.05) is 22.5 Å². The first kappa shape index (κ1) is 13.7. The molecule has 1 fully saturated rings. The summed E-state index contributed by atoms with van der Waals surface area (Å²) in [5.74, 6) is -1.70. The summed E-state index contributed by atoms with van der Waals surface area (Å²) in [5, 5.41) is 0. The lowest BCUT2D eigenvalue weighted by Crippen LogP contribution is -2.41. The van der Waals surface area contributed by atoms with Crippen LogP contribution in [-0.2, 0) is 19.0 Å². The predicted octanol–water partition coefficient (Wildman–Crippen LogP) is 2.23. The molecule has 92 valence electrons. The molecule has 1 saturated heterocycles. The molecule has 0 bridgehead atoms. The molecule has 1 unspecified atom stereocenters. The molecule has 1 rings (SSSR count). The highest BCUT2D eigenvalue weighted by Gasteiger charge is 2.45. The molecule has 16 heavy (non-hydrogen) atoms. The molecule has 1 aliphatic rings. The average Bonchev–Trinajstić information content (AvgIpc) is 2.62. The molecule has 0 radical (unpaired) electrons. The van der Waals surface area contributed by atoms with Crippen molar-refractivity contribution in [2.75, 3.05) is 19.8 Å². The van der Waals surface area contributed by atoms with Crippen LogP contribution in [0.25, 0.3) is 0 Å². The smallest absolute Gasteiger partial charge is 0.314 e. The normalized spacial score (nSPS) is 20.4. The number of ether oxygens (including phenoxy) is 3. The van der Waals surface area contributed by atoms with Gasteiger partial charge in [0.25, 0.3) is 0 Å². The van der Waals surface area contributed by atoms with Gasteiger partial charge < -0.3 is 14.2 Å². The van der Waals surface area contributed by atoms with Crippen LogP contribution in [0, 0.1) is 5.92 Å². The molecule has 0 aliphatic carbocycles. The Bertz CT molecular complexity index is 271. The fourth-order valence-corrected chi connectivity index (χ4v) is 2.00. The van der Waals surface area contributed by atoms with Crippen molar-refractivity contribution in [3.63, 3.8) is 0 Å². The standard InChI is InChI=1S/C11H17BrO4/c1-4-14-10(13)9(7-8(2)12)11(3)15-5-6-16-11/h9H,2,4-7H2,1,3H3. The summed E-state index contributed by atoms with van der Waals surface area (Å²) in [6.45, 7) is 8.62. The quantitative estimate of drug-likeness (QED) is 0.729. The van der Waals surface area contributed by atoms with Gasteiger partial charge in [0.05, 0.1) is 19.8 Å². The van der Waals surface area contributed by atoms with E-state index in [1.54, 1.807) is 13.8 Å². The largest absolute Gasteiger partial charge is 0.466 e. The highest BCUT2D eigenvalue weighted by Crippen LogP contribution is 2.34. The van der Waals surface area contributed by atoms with Crippen LogP contribution >= 0.6 is 15.9 Å². The Hall–Kier alpha value is -0.390. The van der Waals surface area contributed by atoms with Crippen molar-refractivity contribution in [2.24, 2.45) is 5.92 Å². The maximum Gasteiger partial charge on any atom is 0.314 e. The second-order valence-corrected chi connectivity index (χ2v) is 4.86. The SMILES string of the molecule is C=C(Br)CC(C(=O)OCC)C1(C)OCCO1. The summed E-state index contributed by atoms with van der Waals surface area (Å²) in [5.41, 5.74) is 0. The third-order valence-electron chi connectivity index (χ3n) is 2.49. The van der Waals surface area contributed by atoms with Gasteiger partial charge in [0.2, 0.25) is 0 Å². The van der Waals surface area contributed by atoms with Crippen molar-refractivity contribution in [3.05, 3.63) is 11.1 Å². The molecule has 5 heteroatoms. The van der Waals surface area contributed by atoms with E-state index in [9.17, 15) is 4.79 Å². The first-order valence-electron chi connectivity index (χ1n) is 5.27. The van der Waals surface area contributed by atoms with Crippen molar-refractivity contribution in [2.45, 2.75) is 26.1 Å². The summed E-state index contributed by atoms with van der Waals surface area (Å²) in [6.07, 6.45) is 0.440. The van der Waals surface area contributed by atoms with Crippen LogP contribution in [0.1, 0.15) is 20.3 Å². The zero-order valence-corrected chi connectivity index (χ0v) is 11.2. The van der Waals surface area contributed by atoms with E-state index < -0.39 is 11.7 Å². The monoisotopic (exact) mass is 292 g/mol. The number of hydrogen-bond donors (Lipinski definition) is 0. The van der Waals surface area contributed by atoms with Crippen LogP contribution in [-0.4, -0.2) is 31.6 Å². The van der Waals surface area contributed by atoms with Crippen LogP contribution in [0.3, 0.4) is 0 Å². The summed E-state index contributed by atoms with van der Waals surface area (Å²) in [6, 6.07) is 0. The highest BCUT2D eigenvalue weighted by atomic mass is 79.9. The van der Waals surface area contributed by atoms with Gasteiger partial charge in [-0.25, -0.2) is 0 Å². The second-order valence-electron chi connectivity index (χ2n) is 3.74. The number of rotatable bonds is 5. The van der Waals surface area contributed by atoms with Crippen molar-refractivity contribution in [3.8, 4) is 0 Å². The summed E-state index contributed by atoms with van der Waals surface area (Å²) >= 11 is 3.25. The van der Waals surface area contributed by atoms with E-state index in [0.717, 1.165) is 4.48 Å². The maximum atomic E-state index is 11.8. The van der Waals surface area contributed by atoms with Gasteiger partial charge in [-0.2, -0.15) is 0 Å². The van der Waals surface area contributed by atoms with Crippen LogP contribution < -0.4 is 0 Å². The molecule has 0 aromatic rings. The average molecular weight is 293 g/mol. The van der Waals surface area contributed by atoms with Gasteiger partial charge in [0.15, 0.2) is 5.79 Å². The number of hydrogen-bond acceptors (Lipinski definition) is 4. The predicted molar refractivity (Wildman–Crippen MR) is 63.1 cm³/mol. The van der Waals surface area contributed by atoms with Gasteiger partial charge in [-0.15, -0.1) is 0 Å². The molecule has 0 amide bonds. The maximum absolute atomic E-state index is 11.8. The van der Waals surface area contributed by atoms with Gasteiger partial charge in [-0.3, -0.25) is 4.79 Å². The van der Waals surface area contributed by atoms with Gasteiger partial charge in [-0.05, 0) is 24.8 Å². The Morgan fingerprint density at radius 1 is 1.56 bits per heavy atom. The van der Waals surface area contributed by atoms with Crippen molar-refractivity contribution < 1.29 is 19.0 Å². The Morgan fingerprint density at radius 2 is 2.12 bits per heavy atom. The lowest BCUT2D eigenvalue weighted by Gasteiger charge is -2.30. The molecule has 0 spiro atoms. The van der Waals surface area contributed by atoms with Crippen molar-refractivity contribution in [1.82, 2.24) is 0 Å². The van der Waals surface area contributed by atoms with E-state index in [0.29, 0.717) is 26.2 Å². The summed E-state index contributed by atoms with van der Waals surface area (Å²) in [7, 11) is 0. The van der Waals surface area contributed by atoms with Gasteiger partial charge in [0.1, 0.15) is 5.92 Å². The number of allylic oxidation sites excluding steroid dienone is 1. The van der Waals surface area contributed by atoms with Crippen LogP contribution in [0.4, 0.5) is 0 Å². The zero-order valence-electron chi connectivity index (χ0n) is 9.62. The number of halogens is 1. The molecular weight excluding hydrogens is 276 g/mol. The Morgan fingerprint density at radius 3 is 2.56 bits per heavy atom. The van der Waals surface area contributed by atoms with E-state index in [4.69, 9.17) is 14.2 Å². The molecular formula is C11H17BrO4. The second kappa shape index (κ2) is 5.80. The summed E-state index contributed by atoms with van der Waals surface area (Å²) < 4.78 is 16.7. The molecule has 0 N–H and O–H groups in total. The molecule has 0 saturated carbocycles. The van der Waals surface area contributed by atoms with Crippen LogP contribution in [0.2, 0.25) is 0 Å². The van der Waals surface area contributed by atoms with E-state index in [-0.39, 0.29) is 5.97 Å². The van der Waals surface area contributed by atoms with E-state index in [1.165, 1.54) is 0 Å². The fourth-order valence-electron chi connectivity index (χ4n) is 1.68. The molecule has 4 nitrogen and oxygen atoms in total. The third-order valence-corrected chi connectivity index (χ3v) is 2.81. The lowest BCUT2D eigenvalue weighted by atomic mass is 9.96. The number of carbonyl (C=O) groups excluding carboxylic acids is 1. The minimum absolute atomic E-state index is 0.312. The minimum atomic E-state index is -0.900. The topological polar surface area (TPSA) is 44.8 Å². The highest BCUT2D eigenvalue weighted by molar-refractivity contribution is 9.11. The van der Waals surface area contributed by atoms with Crippen molar-refractivity contribution >= 4 is 21.9 Å². The Labute approximate surface area is 104 Å². The van der Waals surface area contributed by atoms with Gasteiger partial charge in [0, 0.05) is 0 Å². The zero-order chi connectivity index (χ0) is 12.2. The van der Waals surface area contributed by atoms with E-state index in [1.807, 2.05) is 0 Å². The number of carbonyl (C=O) groups is 1. The first-order valence-corrected chi connectivity index (χ1v) is 6.06. The minimum Gasteiger partial charge on any atom is -0.466 e. The van der Waals surface area contributed by atoms with E-state index in [2.05, 4.69) is 22.5 Å². The molecule has 0 aromatic carbocycles. The first-order chi connectivity index (χ1) is 7.49. The van der Waals surface area contributed by atoms with E-state index >= 15 is 0 Å². The third kappa shape index (κ3) is 3.30. The van der Waals surface area contributed by atoms with Crippen LogP contribution in [0.15, 0.2) is 11.1 Å². The fraction of sp³-hybridized carbons (Fsp3) is 0.727. The van der Waals surface area contributed by atoms with Crippen molar-refractivity contribution in [1.29, 1.82) is 0 Å². The van der Waals surface area contributed by atoms with Gasteiger partial charge >= 0.3 is 5.97 Å². The lowest BCUT2D eigenvalue weighted by molar-refractivity contribution is -0.199. The summed E-state index contributed by atoms with van der Waals surface area (Å²) in [4.78, 5) is 11.8. The molecule has 1 aliphatic heterocycles.